The Morgan fingerprint density at radius 1 is 1.18 bits per heavy atom. The zero-order valence-corrected chi connectivity index (χ0v) is 24.0. The normalized spacial score (nSPS) is 12.7. The first-order chi connectivity index (χ1) is 17.9. The number of anilines is 1. The number of amides is 3. The van der Waals surface area contributed by atoms with Crippen molar-refractivity contribution < 1.29 is 24.2 Å². The van der Waals surface area contributed by atoms with Crippen LogP contribution in [0.5, 0.6) is 5.75 Å². The summed E-state index contributed by atoms with van der Waals surface area (Å²) < 4.78 is 5.37. The topological polar surface area (TPSA) is 108 Å². The highest BCUT2D eigenvalue weighted by Gasteiger charge is 2.37. The number of alkyl carbamates (subject to hydrolysis) is 1. The third-order valence-electron chi connectivity index (χ3n) is 5.47. The second-order valence-electron chi connectivity index (χ2n) is 9.64. The van der Waals surface area contributed by atoms with Crippen LogP contribution in [0.4, 0.5) is 10.5 Å². The maximum Gasteiger partial charge on any atom is 0.408 e. The van der Waals surface area contributed by atoms with Gasteiger partial charge in [0.2, 0.25) is 5.91 Å². The van der Waals surface area contributed by atoms with Gasteiger partial charge in [0, 0.05) is 12.1 Å². The van der Waals surface area contributed by atoms with Crippen LogP contribution in [0.1, 0.15) is 44.4 Å². The van der Waals surface area contributed by atoms with E-state index in [9.17, 15) is 19.5 Å². The Morgan fingerprint density at radius 2 is 1.87 bits per heavy atom. The monoisotopic (exact) mass is 561 g/mol. The van der Waals surface area contributed by atoms with Gasteiger partial charge in [-0.1, -0.05) is 48.0 Å². The molecular formula is C28H36ClN3O5S. The fraction of sp³-hybridized carbons (Fsp3) is 0.393. The van der Waals surface area contributed by atoms with E-state index >= 15 is 0 Å². The molecule has 0 heterocycles. The molecule has 10 heteroatoms. The number of hydrogen-bond donors (Lipinski definition) is 3. The number of phenols is 1. The second kappa shape index (κ2) is 14.1. The van der Waals surface area contributed by atoms with Crippen LogP contribution >= 0.6 is 23.4 Å². The van der Waals surface area contributed by atoms with Gasteiger partial charge in [0.25, 0.3) is 5.91 Å². The van der Waals surface area contributed by atoms with Crippen LogP contribution in [-0.2, 0) is 14.3 Å². The van der Waals surface area contributed by atoms with E-state index < -0.39 is 35.6 Å². The zero-order chi connectivity index (χ0) is 28.5. The molecule has 38 heavy (non-hydrogen) atoms. The number of carbonyl (C=O) groups is 3. The summed E-state index contributed by atoms with van der Waals surface area (Å²) in [5, 5.41) is 16.5. The number of hydrogen-bond acceptors (Lipinski definition) is 6. The van der Waals surface area contributed by atoms with Crippen LogP contribution in [0.25, 0.3) is 0 Å². The van der Waals surface area contributed by atoms with Crippen LogP contribution in [-0.4, -0.2) is 58.1 Å². The summed E-state index contributed by atoms with van der Waals surface area (Å²) in [6, 6.07) is 9.27. The van der Waals surface area contributed by atoms with Gasteiger partial charge in [0.1, 0.15) is 23.4 Å². The van der Waals surface area contributed by atoms with Gasteiger partial charge in [-0.15, -0.1) is 6.58 Å². The maximum atomic E-state index is 14.0. The van der Waals surface area contributed by atoms with E-state index in [-0.39, 0.29) is 17.9 Å². The highest BCUT2D eigenvalue weighted by Crippen LogP contribution is 2.33. The maximum absolute atomic E-state index is 14.0. The number of nitrogens with zero attached hydrogens (tertiary/aromatic N) is 1. The predicted octanol–water partition coefficient (Wildman–Crippen LogP) is 5.69. The van der Waals surface area contributed by atoms with E-state index in [1.165, 1.54) is 28.8 Å². The predicted molar refractivity (Wildman–Crippen MR) is 154 cm³/mol. The van der Waals surface area contributed by atoms with E-state index in [0.29, 0.717) is 22.9 Å². The first-order valence-electron chi connectivity index (χ1n) is 12.1. The Bertz CT molecular complexity index is 1130. The summed E-state index contributed by atoms with van der Waals surface area (Å²) in [7, 11) is 0. The molecule has 0 aliphatic heterocycles. The number of nitrogens with one attached hydrogen (secondary N) is 2. The smallest absolute Gasteiger partial charge is 0.408 e. The SMILES string of the molecule is C=CCN(C(=O)C(CCSC)NC(=O)OC(C)(C)C)C(C(=O)Nc1c(C)cccc1Cl)c1ccccc1O. The van der Waals surface area contributed by atoms with Gasteiger partial charge < -0.3 is 25.4 Å². The molecule has 2 rings (SSSR count). The second-order valence-corrected chi connectivity index (χ2v) is 11.0. The molecular weight excluding hydrogens is 526 g/mol. The molecule has 0 saturated heterocycles. The lowest BCUT2D eigenvalue weighted by atomic mass is 10.0. The van der Waals surface area contributed by atoms with Crippen molar-refractivity contribution in [2.24, 2.45) is 0 Å². The van der Waals surface area contributed by atoms with Crippen molar-refractivity contribution in [3.63, 3.8) is 0 Å². The van der Waals surface area contributed by atoms with Gasteiger partial charge in [-0.05, 0) is 63.8 Å². The standard InChI is InChI=1S/C28H36ClN3O5S/c1-7-16-32(26(35)21(15-17-38-6)30-27(36)37-28(3,4)5)24(19-12-8-9-14-22(19)33)25(34)31-23-18(2)11-10-13-20(23)29/h7-14,21,24,33H,1,15-17H2,2-6H3,(H,30,36)(H,31,34). The molecule has 2 unspecified atom stereocenters. The molecule has 0 saturated carbocycles. The summed E-state index contributed by atoms with van der Waals surface area (Å²) >= 11 is 7.87. The molecule has 0 radical (unpaired) electrons. The lowest BCUT2D eigenvalue weighted by Crippen LogP contribution is -2.52. The number of aryl methyl sites for hydroxylation is 1. The number of ether oxygens (including phenoxy) is 1. The molecule has 3 amide bonds. The minimum Gasteiger partial charge on any atom is -0.508 e. The summed E-state index contributed by atoms with van der Waals surface area (Å²) in [4.78, 5) is 41.7. The molecule has 206 valence electrons. The van der Waals surface area contributed by atoms with Crippen molar-refractivity contribution in [1.29, 1.82) is 0 Å². The van der Waals surface area contributed by atoms with Gasteiger partial charge >= 0.3 is 6.09 Å². The fourth-order valence-electron chi connectivity index (χ4n) is 3.76. The van der Waals surface area contributed by atoms with Gasteiger partial charge in [-0.3, -0.25) is 9.59 Å². The lowest BCUT2D eigenvalue weighted by molar-refractivity contribution is -0.140. The minimum absolute atomic E-state index is 0.0292. The number of thioether (sulfide) groups is 1. The number of phenolic OH excluding ortho intramolecular Hbond substituents is 1. The van der Waals surface area contributed by atoms with Crippen molar-refractivity contribution in [3.8, 4) is 5.75 Å². The van der Waals surface area contributed by atoms with Gasteiger partial charge in [0.05, 0.1) is 10.7 Å². The summed E-state index contributed by atoms with van der Waals surface area (Å²) in [6.45, 7) is 10.7. The minimum atomic E-state index is -1.26. The number of aromatic hydroxyl groups is 1. The average Bonchev–Trinajstić information content (AvgIpc) is 2.83. The van der Waals surface area contributed by atoms with Crippen LogP contribution in [0, 0.1) is 6.92 Å². The summed E-state index contributed by atoms with van der Waals surface area (Å²) in [5.41, 5.74) is 0.582. The van der Waals surface area contributed by atoms with Crippen LogP contribution in [0.3, 0.4) is 0 Å². The van der Waals surface area contributed by atoms with Crippen molar-refractivity contribution in [3.05, 3.63) is 71.3 Å². The van der Waals surface area contributed by atoms with Gasteiger partial charge in [-0.2, -0.15) is 11.8 Å². The van der Waals surface area contributed by atoms with E-state index in [1.54, 1.807) is 64.1 Å². The molecule has 0 spiro atoms. The number of para-hydroxylation sites is 2. The van der Waals surface area contributed by atoms with E-state index in [2.05, 4.69) is 17.2 Å². The lowest BCUT2D eigenvalue weighted by Gasteiger charge is -2.34. The van der Waals surface area contributed by atoms with Gasteiger partial charge in [-0.25, -0.2) is 4.79 Å². The Hall–Kier alpha value is -3.17. The van der Waals surface area contributed by atoms with Crippen LogP contribution in [0.15, 0.2) is 55.1 Å². The first kappa shape index (κ1) is 31.1. The van der Waals surface area contributed by atoms with E-state index in [0.717, 1.165) is 5.56 Å². The molecule has 0 aliphatic rings. The Morgan fingerprint density at radius 3 is 2.45 bits per heavy atom. The quantitative estimate of drug-likeness (QED) is 0.304. The number of halogens is 1. The molecule has 2 aromatic carbocycles. The number of carbonyl (C=O) groups excluding carboxylic acids is 3. The van der Waals surface area contributed by atoms with Crippen molar-refractivity contribution in [2.75, 3.05) is 23.9 Å². The molecule has 2 aromatic rings. The summed E-state index contributed by atoms with van der Waals surface area (Å²) in [5.74, 6) is -0.700. The first-order valence-corrected chi connectivity index (χ1v) is 13.9. The van der Waals surface area contributed by atoms with Crippen LogP contribution in [0.2, 0.25) is 5.02 Å². The molecule has 8 nitrogen and oxygen atoms in total. The summed E-state index contributed by atoms with van der Waals surface area (Å²) in [6.07, 6.45) is 2.93. The number of rotatable bonds is 11. The zero-order valence-electron chi connectivity index (χ0n) is 22.4. The molecule has 2 atom stereocenters. The highest BCUT2D eigenvalue weighted by molar-refractivity contribution is 7.98. The van der Waals surface area contributed by atoms with Gasteiger partial charge in [0.15, 0.2) is 0 Å². The molecule has 0 aliphatic carbocycles. The molecule has 3 N–H and O–H groups in total. The number of benzene rings is 2. The average molecular weight is 562 g/mol. The van der Waals surface area contributed by atoms with E-state index in [1.807, 2.05) is 6.26 Å². The largest absolute Gasteiger partial charge is 0.508 e. The third kappa shape index (κ3) is 8.70. The highest BCUT2D eigenvalue weighted by atomic mass is 35.5. The Balaban J connectivity index is 2.54. The Labute approximate surface area is 233 Å². The van der Waals surface area contributed by atoms with E-state index in [4.69, 9.17) is 16.3 Å². The van der Waals surface area contributed by atoms with Crippen LogP contribution < -0.4 is 10.6 Å². The Kier molecular flexibility index (Phi) is 11.5. The fourth-order valence-corrected chi connectivity index (χ4v) is 4.50. The third-order valence-corrected chi connectivity index (χ3v) is 6.43. The van der Waals surface area contributed by atoms with Crippen molar-refractivity contribution in [2.45, 2.75) is 51.8 Å². The molecule has 0 fully saturated rings. The molecule has 0 aromatic heterocycles. The van der Waals surface area contributed by atoms with Crippen molar-refractivity contribution >= 4 is 47.0 Å². The van der Waals surface area contributed by atoms with Crippen molar-refractivity contribution in [1.82, 2.24) is 10.2 Å². The molecule has 0 bridgehead atoms.